The van der Waals surface area contributed by atoms with Crippen LogP contribution in [0.25, 0.3) is 0 Å². The van der Waals surface area contributed by atoms with E-state index in [0.717, 1.165) is 0 Å². The van der Waals surface area contributed by atoms with Crippen LogP contribution in [-0.2, 0) is 6.42 Å². The number of nitrogen functional groups attached to an aromatic ring is 2. The topological polar surface area (TPSA) is 125 Å². The lowest BCUT2D eigenvalue weighted by atomic mass is 10.0. The lowest BCUT2D eigenvalue weighted by Gasteiger charge is -2.12. The molecule has 0 bridgehead atoms. The highest BCUT2D eigenvalue weighted by Gasteiger charge is 2.23. The van der Waals surface area contributed by atoms with Crippen molar-refractivity contribution in [1.29, 1.82) is 0 Å². The van der Waals surface area contributed by atoms with Crippen molar-refractivity contribution in [2.75, 3.05) is 25.2 Å². The number of anilines is 2. The number of rotatable bonds is 5. The minimum Gasteiger partial charge on any atom is -0.495 e. The SMILES string of the molecule is COc1cc(N)c([N+](=O)[O-])c(CCCO)c1N. The second-order valence-corrected chi connectivity index (χ2v) is 3.49. The Morgan fingerprint density at radius 3 is 2.65 bits per heavy atom. The van der Waals surface area contributed by atoms with Gasteiger partial charge in [0.2, 0.25) is 0 Å². The van der Waals surface area contributed by atoms with Crippen molar-refractivity contribution in [3.05, 3.63) is 21.7 Å². The van der Waals surface area contributed by atoms with Crippen LogP contribution in [0.15, 0.2) is 6.07 Å². The molecule has 94 valence electrons. The van der Waals surface area contributed by atoms with Crippen LogP contribution in [0.4, 0.5) is 17.1 Å². The van der Waals surface area contributed by atoms with E-state index in [0.29, 0.717) is 17.7 Å². The monoisotopic (exact) mass is 241 g/mol. The first-order valence-electron chi connectivity index (χ1n) is 5.03. The molecule has 0 radical (unpaired) electrons. The fraction of sp³-hybridized carbons (Fsp3) is 0.400. The molecule has 0 amide bonds. The lowest BCUT2D eigenvalue weighted by Crippen LogP contribution is -2.07. The molecule has 7 nitrogen and oxygen atoms in total. The van der Waals surface area contributed by atoms with E-state index in [1.54, 1.807) is 0 Å². The Bertz CT molecular complexity index is 434. The van der Waals surface area contributed by atoms with Gasteiger partial charge < -0.3 is 21.3 Å². The molecule has 0 atom stereocenters. The van der Waals surface area contributed by atoms with Gasteiger partial charge in [-0.2, -0.15) is 0 Å². The van der Waals surface area contributed by atoms with Gasteiger partial charge in [-0.3, -0.25) is 10.1 Å². The van der Waals surface area contributed by atoms with Crippen LogP contribution < -0.4 is 16.2 Å². The van der Waals surface area contributed by atoms with Gasteiger partial charge in [-0.1, -0.05) is 0 Å². The van der Waals surface area contributed by atoms with Crippen LogP contribution in [0, 0.1) is 10.1 Å². The number of nitrogens with zero attached hydrogens (tertiary/aromatic N) is 1. The van der Waals surface area contributed by atoms with Gasteiger partial charge in [-0.15, -0.1) is 0 Å². The van der Waals surface area contributed by atoms with Crippen molar-refractivity contribution in [3.8, 4) is 5.75 Å². The Hall–Kier alpha value is -2.02. The number of benzene rings is 1. The minimum atomic E-state index is -0.572. The molecule has 0 saturated heterocycles. The molecule has 0 aliphatic rings. The van der Waals surface area contributed by atoms with E-state index in [1.165, 1.54) is 13.2 Å². The van der Waals surface area contributed by atoms with Crippen LogP contribution >= 0.6 is 0 Å². The Morgan fingerprint density at radius 1 is 1.53 bits per heavy atom. The van der Waals surface area contributed by atoms with Gasteiger partial charge in [0.05, 0.1) is 23.3 Å². The van der Waals surface area contributed by atoms with Gasteiger partial charge in [0, 0.05) is 12.7 Å². The molecule has 0 unspecified atom stereocenters. The number of hydrogen-bond donors (Lipinski definition) is 3. The quantitative estimate of drug-likeness (QED) is 0.395. The molecule has 1 aromatic carbocycles. The molecule has 17 heavy (non-hydrogen) atoms. The number of nitro groups is 1. The number of aliphatic hydroxyl groups is 1. The summed E-state index contributed by atoms with van der Waals surface area (Å²) in [6, 6.07) is 1.33. The average Bonchev–Trinajstić information content (AvgIpc) is 2.28. The Morgan fingerprint density at radius 2 is 2.18 bits per heavy atom. The summed E-state index contributed by atoms with van der Waals surface area (Å²) in [7, 11) is 1.41. The maximum absolute atomic E-state index is 10.9. The summed E-state index contributed by atoms with van der Waals surface area (Å²) in [6.07, 6.45) is 0.650. The standard InChI is InChI=1S/C10H15N3O4/c1-17-8-5-7(11)10(13(15)16)6(9(8)12)3-2-4-14/h5,14H,2-4,11-12H2,1H3. The molecule has 7 heteroatoms. The number of hydrogen-bond acceptors (Lipinski definition) is 6. The van der Waals surface area contributed by atoms with E-state index >= 15 is 0 Å². The predicted molar refractivity (Wildman–Crippen MR) is 63.9 cm³/mol. The van der Waals surface area contributed by atoms with Crippen LogP contribution in [0.1, 0.15) is 12.0 Å². The molecule has 0 heterocycles. The number of ether oxygens (including phenoxy) is 1. The summed E-state index contributed by atoms with van der Waals surface area (Å²) < 4.78 is 4.99. The van der Waals surface area contributed by atoms with Gasteiger partial charge in [0.25, 0.3) is 5.69 Å². The molecule has 0 saturated carbocycles. The molecular weight excluding hydrogens is 226 g/mol. The maximum Gasteiger partial charge on any atom is 0.297 e. The second-order valence-electron chi connectivity index (χ2n) is 3.49. The average molecular weight is 241 g/mol. The van der Waals surface area contributed by atoms with Crippen LogP contribution in [-0.4, -0.2) is 23.7 Å². The van der Waals surface area contributed by atoms with Crippen LogP contribution in [0.5, 0.6) is 5.75 Å². The molecule has 5 N–H and O–H groups in total. The van der Waals surface area contributed by atoms with Gasteiger partial charge in [-0.05, 0) is 12.8 Å². The lowest BCUT2D eigenvalue weighted by molar-refractivity contribution is -0.384. The summed E-state index contributed by atoms with van der Waals surface area (Å²) in [5, 5.41) is 19.7. The highest BCUT2D eigenvalue weighted by atomic mass is 16.6. The third kappa shape index (κ3) is 2.56. The third-order valence-electron chi connectivity index (χ3n) is 2.42. The predicted octanol–water partition coefficient (Wildman–Crippen LogP) is 0.693. The summed E-state index contributed by atoms with van der Waals surface area (Å²) in [6.45, 7) is -0.0757. The largest absolute Gasteiger partial charge is 0.495 e. The molecule has 0 spiro atoms. The van der Waals surface area contributed by atoms with E-state index in [4.69, 9.17) is 21.3 Å². The second kappa shape index (κ2) is 5.35. The number of nitro benzene ring substituents is 1. The van der Waals surface area contributed by atoms with E-state index < -0.39 is 4.92 Å². The molecule has 1 aromatic rings. The van der Waals surface area contributed by atoms with Crippen molar-refractivity contribution in [2.45, 2.75) is 12.8 Å². The summed E-state index contributed by atoms with van der Waals surface area (Å²) in [4.78, 5) is 10.4. The Balaban J connectivity index is 3.37. The van der Waals surface area contributed by atoms with Crippen molar-refractivity contribution < 1.29 is 14.8 Å². The number of methoxy groups -OCH3 is 1. The summed E-state index contributed by atoms with van der Waals surface area (Å²) >= 11 is 0. The summed E-state index contributed by atoms with van der Waals surface area (Å²) in [5.74, 6) is 0.307. The molecule has 0 aliphatic heterocycles. The maximum atomic E-state index is 10.9. The van der Waals surface area contributed by atoms with Crippen molar-refractivity contribution in [2.24, 2.45) is 0 Å². The zero-order valence-electron chi connectivity index (χ0n) is 9.47. The zero-order chi connectivity index (χ0) is 13.0. The van der Waals surface area contributed by atoms with E-state index in [9.17, 15) is 10.1 Å². The van der Waals surface area contributed by atoms with E-state index in [2.05, 4.69) is 0 Å². The van der Waals surface area contributed by atoms with Crippen molar-refractivity contribution in [1.82, 2.24) is 0 Å². The first-order valence-corrected chi connectivity index (χ1v) is 5.03. The van der Waals surface area contributed by atoms with Crippen LogP contribution in [0.2, 0.25) is 0 Å². The highest BCUT2D eigenvalue weighted by molar-refractivity contribution is 5.76. The van der Waals surface area contributed by atoms with Crippen molar-refractivity contribution in [3.63, 3.8) is 0 Å². The van der Waals surface area contributed by atoms with E-state index in [1.807, 2.05) is 0 Å². The fourth-order valence-corrected chi connectivity index (χ4v) is 1.63. The number of nitrogens with two attached hydrogens (primary N) is 2. The fourth-order valence-electron chi connectivity index (χ4n) is 1.63. The summed E-state index contributed by atoms with van der Waals surface area (Å²) in [5.41, 5.74) is 11.7. The van der Waals surface area contributed by atoms with Gasteiger partial charge in [0.1, 0.15) is 11.4 Å². The minimum absolute atomic E-state index is 0.00832. The number of aliphatic hydroxyl groups excluding tert-OH is 1. The van der Waals surface area contributed by atoms with Crippen molar-refractivity contribution >= 4 is 17.1 Å². The van der Waals surface area contributed by atoms with Gasteiger partial charge in [-0.25, -0.2) is 0 Å². The third-order valence-corrected chi connectivity index (χ3v) is 2.42. The first kappa shape index (κ1) is 13.0. The van der Waals surface area contributed by atoms with Gasteiger partial charge in [0.15, 0.2) is 0 Å². The first-order chi connectivity index (χ1) is 8.02. The van der Waals surface area contributed by atoms with Crippen LogP contribution in [0.3, 0.4) is 0 Å². The highest BCUT2D eigenvalue weighted by Crippen LogP contribution is 2.38. The Labute approximate surface area is 98.1 Å². The zero-order valence-corrected chi connectivity index (χ0v) is 9.47. The Kier molecular flexibility index (Phi) is 4.11. The van der Waals surface area contributed by atoms with Gasteiger partial charge >= 0.3 is 0 Å². The normalized spacial score (nSPS) is 10.2. The molecule has 1 rings (SSSR count). The molecule has 0 aromatic heterocycles. The molecular formula is C10H15N3O4. The molecule has 0 fully saturated rings. The smallest absolute Gasteiger partial charge is 0.297 e. The molecule has 0 aliphatic carbocycles. The van der Waals surface area contributed by atoms with E-state index in [-0.39, 0.29) is 30.1 Å².